The summed E-state index contributed by atoms with van der Waals surface area (Å²) >= 11 is 3.36. The van der Waals surface area contributed by atoms with E-state index in [1.165, 1.54) is 12.1 Å². The Morgan fingerprint density at radius 2 is 2.06 bits per heavy atom. The number of carboxylic acids is 1. The van der Waals surface area contributed by atoms with E-state index in [1.54, 1.807) is 6.07 Å². The first-order valence-corrected chi connectivity index (χ1v) is 6.05. The lowest BCUT2D eigenvalue weighted by molar-refractivity contribution is 0.0655. The molecule has 0 saturated heterocycles. The van der Waals surface area contributed by atoms with E-state index in [2.05, 4.69) is 15.9 Å². The van der Waals surface area contributed by atoms with Crippen molar-refractivity contribution in [2.24, 2.45) is 0 Å². The van der Waals surface area contributed by atoms with Crippen LogP contribution in [0.15, 0.2) is 39.2 Å². The largest absolute Gasteiger partial charge is 0.475 e. The van der Waals surface area contributed by atoms with Crippen LogP contribution in [0.3, 0.4) is 0 Å². The van der Waals surface area contributed by atoms with Gasteiger partial charge in [-0.3, -0.25) is 0 Å². The summed E-state index contributed by atoms with van der Waals surface area (Å²) in [5, 5.41) is 18.9. The van der Waals surface area contributed by atoms with Crippen molar-refractivity contribution in [1.82, 2.24) is 0 Å². The number of benzene rings is 1. The molecule has 1 atom stereocenters. The smallest absolute Gasteiger partial charge is 0.371 e. The fourth-order valence-corrected chi connectivity index (χ4v) is 2.33. The normalized spacial score (nSPS) is 12.4. The van der Waals surface area contributed by atoms with Gasteiger partial charge in [0.25, 0.3) is 0 Å². The van der Waals surface area contributed by atoms with Gasteiger partial charge in [0.15, 0.2) is 0 Å². The van der Waals surface area contributed by atoms with Gasteiger partial charge < -0.3 is 14.6 Å². The predicted molar refractivity (Wildman–Crippen MR) is 68.6 cm³/mol. The Labute approximate surface area is 112 Å². The highest BCUT2D eigenvalue weighted by Gasteiger charge is 2.19. The van der Waals surface area contributed by atoms with Gasteiger partial charge in [-0.05, 0) is 30.7 Å². The topological polar surface area (TPSA) is 70.7 Å². The highest BCUT2D eigenvalue weighted by Crippen LogP contribution is 2.30. The van der Waals surface area contributed by atoms with E-state index in [-0.39, 0.29) is 11.5 Å². The molecule has 0 spiro atoms. The van der Waals surface area contributed by atoms with Gasteiger partial charge in [-0.25, -0.2) is 4.79 Å². The summed E-state index contributed by atoms with van der Waals surface area (Å²) in [6.45, 7) is 1.94. The number of hydrogen-bond acceptors (Lipinski definition) is 3. The Hall–Kier alpha value is -1.59. The lowest BCUT2D eigenvalue weighted by Gasteiger charge is -2.10. The van der Waals surface area contributed by atoms with Crippen LogP contribution in [0.1, 0.15) is 33.5 Å². The van der Waals surface area contributed by atoms with Gasteiger partial charge in [0.2, 0.25) is 5.76 Å². The molecule has 2 rings (SSSR count). The Balaban J connectivity index is 2.35. The maximum absolute atomic E-state index is 10.7. The quantitative estimate of drug-likeness (QED) is 0.913. The van der Waals surface area contributed by atoms with E-state index in [0.29, 0.717) is 5.56 Å². The molecule has 4 nitrogen and oxygen atoms in total. The van der Waals surface area contributed by atoms with Gasteiger partial charge in [-0.15, -0.1) is 0 Å². The molecule has 18 heavy (non-hydrogen) atoms. The van der Waals surface area contributed by atoms with Gasteiger partial charge in [0, 0.05) is 10.0 Å². The molecule has 0 amide bonds. The second-order valence-electron chi connectivity index (χ2n) is 3.93. The molecular weight excluding hydrogens is 300 g/mol. The van der Waals surface area contributed by atoms with Crippen molar-refractivity contribution in [3.63, 3.8) is 0 Å². The van der Waals surface area contributed by atoms with Gasteiger partial charge in [-0.2, -0.15) is 0 Å². The van der Waals surface area contributed by atoms with Crippen molar-refractivity contribution < 1.29 is 19.4 Å². The summed E-state index contributed by atoms with van der Waals surface area (Å²) < 4.78 is 5.83. The first-order valence-electron chi connectivity index (χ1n) is 5.26. The third-order valence-corrected chi connectivity index (χ3v) is 3.24. The van der Waals surface area contributed by atoms with Gasteiger partial charge in [0.05, 0.1) is 0 Å². The summed E-state index contributed by atoms with van der Waals surface area (Å²) in [6.07, 6.45) is -0.993. The molecule has 94 valence electrons. The summed E-state index contributed by atoms with van der Waals surface area (Å²) in [5.41, 5.74) is 1.69. The first-order chi connectivity index (χ1) is 8.49. The predicted octanol–water partition coefficient (Wildman–Crippen LogP) is 3.13. The number of aliphatic hydroxyl groups is 1. The third-order valence-electron chi connectivity index (χ3n) is 2.56. The summed E-state index contributed by atoms with van der Waals surface area (Å²) in [6, 6.07) is 8.29. The van der Waals surface area contributed by atoms with Crippen LogP contribution < -0.4 is 0 Å². The van der Waals surface area contributed by atoms with E-state index in [9.17, 15) is 9.90 Å². The van der Waals surface area contributed by atoms with Crippen LogP contribution in [0.25, 0.3) is 0 Å². The molecular formula is C13H11BrO4. The molecule has 0 fully saturated rings. The SMILES string of the molecule is Cc1ccc(C(O)c2ccc(C(=O)O)o2)c(Br)c1. The van der Waals surface area contributed by atoms with Gasteiger partial charge in [-0.1, -0.05) is 28.1 Å². The average Bonchev–Trinajstić information content (AvgIpc) is 2.77. The van der Waals surface area contributed by atoms with E-state index >= 15 is 0 Å². The van der Waals surface area contributed by atoms with Gasteiger partial charge >= 0.3 is 5.97 Å². The molecule has 0 radical (unpaired) electrons. The molecule has 0 aliphatic carbocycles. The maximum Gasteiger partial charge on any atom is 0.371 e. The molecule has 1 aromatic carbocycles. The molecule has 1 heterocycles. The lowest BCUT2D eigenvalue weighted by atomic mass is 10.1. The van der Waals surface area contributed by atoms with E-state index in [1.807, 2.05) is 19.1 Å². The van der Waals surface area contributed by atoms with Crippen molar-refractivity contribution in [2.45, 2.75) is 13.0 Å². The molecule has 2 aromatic rings. The number of hydrogen-bond donors (Lipinski definition) is 2. The Bertz CT molecular complexity index is 588. The zero-order chi connectivity index (χ0) is 13.3. The average molecular weight is 311 g/mol. The number of aliphatic hydroxyl groups excluding tert-OH is 1. The first kappa shape index (κ1) is 12.9. The molecule has 1 aromatic heterocycles. The number of carbonyl (C=O) groups is 1. The minimum absolute atomic E-state index is 0.188. The van der Waals surface area contributed by atoms with Crippen molar-refractivity contribution in [3.05, 3.63) is 57.5 Å². The number of aryl methyl sites for hydroxylation is 1. The van der Waals surface area contributed by atoms with Gasteiger partial charge in [0.1, 0.15) is 11.9 Å². The van der Waals surface area contributed by atoms with Crippen molar-refractivity contribution in [1.29, 1.82) is 0 Å². The lowest BCUT2D eigenvalue weighted by Crippen LogP contribution is -2.00. The molecule has 1 unspecified atom stereocenters. The summed E-state index contributed by atoms with van der Waals surface area (Å²) in [4.78, 5) is 10.7. The Morgan fingerprint density at radius 1 is 1.33 bits per heavy atom. The number of furan rings is 1. The Morgan fingerprint density at radius 3 is 2.61 bits per heavy atom. The van der Waals surface area contributed by atoms with Crippen LogP contribution in [0.5, 0.6) is 0 Å². The van der Waals surface area contributed by atoms with Crippen molar-refractivity contribution >= 4 is 21.9 Å². The Kier molecular flexibility index (Phi) is 3.54. The van der Waals surface area contributed by atoms with E-state index in [4.69, 9.17) is 9.52 Å². The number of rotatable bonds is 3. The zero-order valence-electron chi connectivity index (χ0n) is 9.55. The zero-order valence-corrected chi connectivity index (χ0v) is 11.1. The summed E-state index contributed by atoms with van der Waals surface area (Å²) in [5.74, 6) is -1.14. The van der Waals surface area contributed by atoms with Crippen LogP contribution in [0, 0.1) is 6.92 Å². The van der Waals surface area contributed by atoms with Crippen LogP contribution in [-0.2, 0) is 0 Å². The second-order valence-corrected chi connectivity index (χ2v) is 4.79. The molecule has 0 saturated carbocycles. The molecule has 0 bridgehead atoms. The number of aromatic carboxylic acids is 1. The maximum atomic E-state index is 10.7. The fourth-order valence-electron chi connectivity index (χ4n) is 1.62. The summed E-state index contributed by atoms with van der Waals surface area (Å²) in [7, 11) is 0. The highest BCUT2D eigenvalue weighted by atomic mass is 79.9. The molecule has 2 N–H and O–H groups in total. The monoisotopic (exact) mass is 310 g/mol. The van der Waals surface area contributed by atoms with Crippen LogP contribution in [-0.4, -0.2) is 16.2 Å². The highest BCUT2D eigenvalue weighted by molar-refractivity contribution is 9.10. The fraction of sp³-hybridized carbons (Fsp3) is 0.154. The second kappa shape index (κ2) is 4.96. The minimum Gasteiger partial charge on any atom is -0.475 e. The third kappa shape index (κ3) is 2.47. The number of halogens is 1. The van der Waals surface area contributed by atoms with E-state index in [0.717, 1.165) is 10.0 Å². The van der Waals surface area contributed by atoms with Crippen LogP contribution in [0.4, 0.5) is 0 Å². The number of carboxylic acid groups (broad SMARTS) is 1. The minimum atomic E-state index is -1.16. The van der Waals surface area contributed by atoms with Crippen molar-refractivity contribution in [2.75, 3.05) is 0 Å². The van der Waals surface area contributed by atoms with E-state index < -0.39 is 12.1 Å². The van der Waals surface area contributed by atoms with Crippen LogP contribution in [0.2, 0.25) is 0 Å². The van der Waals surface area contributed by atoms with Crippen LogP contribution >= 0.6 is 15.9 Å². The molecule has 5 heteroatoms. The molecule has 0 aliphatic heterocycles. The molecule has 0 aliphatic rings. The van der Waals surface area contributed by atoms with Crippen molar-refractivity contribution in [3.8, 4) is 0 Å². The standard InChI is InChI=1S/C13H11BrO4/c1-7-2-3-8(9(14)6-7)12(15)10-4-5-11(18-10)13(16)17/h2-6,12,15H,1H3,(H,16,17).